The number of ether oxygens (including phenoxy) is 1. The van der Waals surface area contributed by atoms with Crippen molar-refractivity contribution < 1.29 is 18.7 Å². The zero-order valence-corrected chi connectivity index (χ0v) is 7.94. The van der Waals surface area contributed by atoms with Gasteiger partial charge in [0, 0.05) is 12.3 Å². The molecule has 0 spiro atoms. The molecule has 0 amide bonds. The number of nitrogens with zero attached hydrogens (tertiary/aromatic N) is 1. The van der Waals surface area contributed by atoms with Gasteiger partial charge in [-0.1, -0.05) is 0 Å². The van der Waals surface area contributed by atoms with E-state index in [0.717, 1.165) is 6.08 Å². The molecule has 0 saturated heterocycles. The molecule has 78 valence electrons. The van der Waals surface area contributed by atoms with Crippen molar-refractivity contribution in [1.82, 2.24) is 4.98 Å². The highest BCUT2D eigenvalue weighted by Gasteiger charge is 2.02. The second kappa shape index (κ2) is 4.99. The summed E-state index contributed by atoms with van der Waals surface area (Å²) < 4.78 is 17.1. The van der Waals surface area contributed by atoms with Gasteiger partial charge in [-0.3, -0.25) is 4.79 Å². The summed E-state index contributed by atoms with van der Waals surface area (Å²) in [5.41, 5.74) is 0.297. The maximum absolute atomic E-state index is 12.8. The Morgan fingerprint density at radius 3 is 2.93 bits per heavy atom. The van der Waals surface area contributed by atoms with E-state index in [9.17, 15) is 14.0 Å². The van der Waals surface area contributed by atoms with E-state index >= 15 is 0 Å². The lowest BCUT2D eigenvalue weighted by atomic mass is 10.2. The summed E-state index contributed by atoms with van der Waals surface area (Å²) in [6.45, 7) is 0. The quantitative estimate of drug-likeness (QED) is 0.325. The zero-order chi connectivity index (χ0) is 11.3. The lowest BCUT2D eigenvalue weighted by molar-refractivity contribution is -0.134. The summed E-state index contributed by atoms with van der Waals surface area (Å²) in [7, 11) is 1.24. The van der Waals surface area contributed by atoms with Crippen LogP contribution >= 0.6 is 0 Å². The second-order valence-electron chi connectivity index (χ2n) is 2.62. The molecule has 0 aromatic carbocycles. The Labute approximate surface area is 85.4 Å². The third-order valence-electron chi connectivity index (χ3n) is 1.63. The van der Waals surface area contributed by atoms with Gasteiger partial charge in [-0.05, 0) is 17.7 Å². The van der Waals surface area contributed by atoms with E-state index in [-0.39, 0.29) is 5.56 Å². The first-order chi connectivity index (χ1) is 7.17. The van der Waals surface area contributed by atoms with E-state index < -0.39 is 11.9 Å². The summed E-state index contributed by atoms with van der Waals surface area (Å²) in [6, 6.07) is 1.29. The zero-order valence-electron chi connectivity index (χ0n) is 7.94. The van der Waals surface area contributed by atoms with Gasteiger partial charge in [0.25, 0.3) is 0 Å². The highest BCUT2D eigenvalue weighted by molar-refractivity contribution is 5.87. The number of methoxy groups -OCH3 is 1. The van der Waals surface area contributed by atoms with E-state index in [0.29, 0.717) is 11.8 Å². The molecule has 1 heterocycles. The molecule has 0 bridgehead atoms. The van der Waals surface area contributed by atoms with Crippen LogP contribution in [0.2, 0.25) is 0 Å². The average Bonchev–Trinajstić information content (AvgIpc) is 2.27. The molecular formula is C10H8FNO3. The molecule has 15 heavy (non-hydrogen) atoms. The van der Waals surface area contributed by atoms with Crippen LogP contribution in [0.25, 0.3) is 6.08 Å². The van der Waals surface area contributed by atoms with Crippen molar-refractivity contribution in [3.8, 4) is 0 Å². The number of halogens is 1. The van der Waals surface area contributed by atoms with Crippen LogP contribution in [0, 0.1) is 5.95 Å². The minimum absolute atomic E-state index is 0.151. The molecular weight excluding hydrogens is 201 g/mol. The maximum atomic E-state index is 12.8. The van der Waals surface area contributed by atoms with E-state index in [4.69, 9.17) is 0 Å². The van der Waals surface area contributed by atoms with Crippen molar-refractivity contribution >= 4 is 18.3 Å². The first-order valence-corrected chi connectivity index (χ1v) is 4.04. The first kappa shape index (κ1) is 11.0. The lowest BCUT2D eigenvalue weighted by Crippen LogP contribution is -1.95. The van der Waals surface area contributed by atoms with Gasteiger partial charge in [0.1, 0.15) is 0 Å². The van der Waals surface area contributed by atoms with Crippen molar-refractivity contribution in [3.05, 3.63) is 35.4 Å². The first-order valence-electron chi connectivity index (χ1n) is 4.04. The van der Waals surface area contributed by atoms with Gasteiger partial charge in [0.15, 0.2) is 6.29 Å². The van der Waals surface area contributed by atoms with Crippen molar-refractivity contribution in [2.75, 3.05) is 7.11 Å². The molecule has 5 heteroatoms. The number of hydrogen-bond donors (Lipinski definition) is 0. The monoisotopic (exact) mass is 209 g/mol. The number of rotatable bonds is 3. The third kappa shape index (κ3) is 2.98. The van der Waals surface area contributed by atoms with Gasteiger partial charge >= 0.3 is 5.97 Å². The van der Waals surface area contributed by atoms with Crippen LogP contribution in [0.4, 0.5) is 4.39 Å². The smallest absolute Gasteiger partial charge is 0.330 e. The van der Waals surface area contributed by atoms with Crippen LogP contribution in [0.1, 0.15) is 15.9 Å². The number of carbonyl (C=O) groups excluding carboxylic acids is 2. The van der Waals surface area contributed by atoms with Crippen LogP contribution < -0.4 is 0 Å². The van der Waals surface area contributed by atoms with Crippen LogP contribution in [0.15, 0.2) is 18.3 Å². The molecule has 1 aromatic heterocycles. The summed E-state index contributed by atoms with van der Waals surface area (Å²) in [5.74, 6) is -1.37. The van der Waals surface area contributed by atoms with E-state index in [1.165, 1.54) is 25.4 Å². The summed E-state index contributed by atoms with van der Waals surface area (Å²) in [4.78, 5) is 24.5. The molecule has 0 unspecified atom stereocenters. The highest BCUT2D eigenvalue weighted by atomic mass is 19.1. The summed E-state index contributed by atoms with van der Waals surface area (Å²) in [6.07, 6.45) is 4.11. The summed E-state index contributed by atoms with van der Waals surface area (Å²) >= 11 is 0. The van der Waals surface area contributed by atoms with Crippen LogP contribution in [-0.2, 0) is 9.53 Å². The van der Waals surface area contributed by atoms with Crippen molar-refractivity contribution in [2.24, 2.45) is 0 Å². The van der Waals surface area contributed by atoms with Gasteiger partial charge < -0.3 is 4.74 Å². The van der Waals surface area contributed by atoms with Crippen LogP contribution in [0.3, 0.4) is 0 Å². The molecule has 4 nitrogen and oxygen atoms in total. The number of aldehydes is 1. The molecule has 1 aromatic rings. The van der Waals surface area contributed by atoms with Gasteiger partial charge in [-0.15, -0.1) is 0 Å². The fraction of sp³-hybridized carbons (Fsp3) is 0.100. The molecule has 0 aliphatic carbocycles. The van der Waals surface area contributed by atoms with Gasteiger partial charge in [-0.25, -0.2) is 9.78 Å². The molecule has 0 fully saturated rings. The van der Waals surface area contributed by atoms with E-state index in [2.05, 4.69) is 9.72 Å². The molecule has 0 aliphatic heterocycles. The molecule has 0 aliphatic rings. The minimum Gasteiger partial charge on any atom is -0.466 e. The van der Waals surface area contributed by atoms with Crippen molar-refractivity contribution in [3.63, 3.8) is 0 Å². The summed E-state index contributed by atoms with van der Waals surface area (Å²) in [5, 5.41) is 0. The minimum atomic E-state index is -0.833. The molecule has 0 saturated carbocycles. The predicted octanol–water partition coefficient (Wildman–Crippen LogP) is 1.22. The molecule has 1 rings (SSSR count). The predicted molar refractivity (Wildman–Crippen MR) is 50.6 cm³/mol. The fourth-order valence-electron chi connectivity index (χ4n) is 0.888. The number of esters is 1. The number of carbonyl (C=O) groups is 2. The third-order valence-corrected chi connectivity index (χ3v) is 1.63. The van der Waals surface area contributed by atoms with Crippen LogP contribution in [-0.4, -0.2) is 24.3 Å². The number of pyridine rings is 1. The second-order valence-corrected chi connectivity index (χ2v) is 2.62. The van der Waals surface area contributed by atoms with Crippen LogP contribution in [0.5, 0.6) is 0 Å². The van der Waals surface area contributed by atoms with E-state index in [1.807, 2.05) is 0 Å². The topological polar surface area (TPSA) is 56.3 Å². The molecule has 0 radical (unpaired) electrons. The standard InChI is InChI=1S/C10H8FNO3/c1-15-9(14)3-2-7-4-8(6-13)10(11)12-5-7/h2-6H,1H3. The Bertz CT molecular complexity index is 415. The normalized spacial score (nSPS) is 10.3. The van der Waals surface area contributed by atoms with Crippen molar-refractivity contribution in [1.29, 1.82) is 0 Å². The molecule has 0 N–H and O–H groups in total. The van der Waals surface area contributed by atoms with Crippen molar-refractivity contribution in [2.45, 2.75) is 0 Å². The fourth-order valence-corrected chi connectivity index (χ4v) is 0.888. The maximum Gasteiger partial charge on any atom is 0.330 e. The number of hydrogen-bond acceptors (Lipinski definition) is 4. The largest absolute Gasteiger partial charge is 0.466 e. The van der Waals surface area contributed by atoms with Gasteiger partial charge in [-0.2, -0.15) is 4.39 Å². The Morgan fingerprint density at radius 2 is 2.33 bits per heavy atom. The average molecular weight is 209 g/mol. The van der Waals surface area contributed by atoms with Gasteiger partial charge in [0.2, 0.25) is 5.95 Å². The SMILES string of the molecule is COC(=O)C=Cc1cnc(F)c(C=O)c1. The Hall–Kier alpha value is -2.04. The lowest BCUT2D eigenvalue weighted by Gasteiger charge is -1.96. The number of aromatic nitrogens is 1. The Kier molecular flexibility index (Phi) is 3.68. The van der Waals surface area contributed by atoms with Gasteiger partial charge in [0.05, 0.1) is 12.7 Å². The highest BCUT2D eigenvalue weighted by Crippen LogP contribution is 2.06. The Balaban J connectivity index is 2.92. The molecule has 0 atom stereocenters. The van der Waals surface area contributed by atoms with E-state index in [1.54, 1.807) is 0 Å². The Morgan fingerprint density at radius 1 is 1.60 bits per heavy atom.